The molecule has 1 aromatic heterocycles. The number of piperidine rings is 1. The van der Waals surface area contributed by atoms with Crippen molar-refractivity contribution in [2.45, 2.75) is 18.6 Å². The Morgan fingerprint density at radius 2 is 1.83 bits per heavy atom. The summed E-state index contributed by atoms with van der Waals surface area (Å²) in [6.07, 6.45) is 2.06. The van der Waals surface area contributed by atoms with Gasteiger partial charge in [-0.3, -0.25) is 14.8 Å². The fourth-order valence-electron chi connectivity index (χ4n) is 3.92. The number of hydrogen-bond donors (Lipinski definition) is 3. The van der Waals surface area contributed by atoms with Crippen molar-refractivity contribution in [3.8, 4) is 11.1 Å². The van der Waals surface area contributed by atoms with Gasteiger partial charge in [-0.1, -0.05) is 41.9 Å². The van der Waals surface area contributed by atoms with Crippen molar-refractivity contribution in [1.29, 1.82) is 0 Å². The van der Waals surface area contributed by atoms with E-state index in [1.807, 2.05) is 0 Å². The van der Waals surface area contributed by atoms with E-state index in [0.717, 1.165) is 11.8 Å². The number of halogens is 1. The van der Waals surface area contributed by atoms with Crippen LogP contribution in [-0.4, -0.2) is 55.4 Å². The number of para-hydroxylation sites is 1. The maximum atomic E-state index is 13.2. The molecule has 1 saturated heterocycles. The molecule has 12 heteroatoms. The number of benzene rings is 2. The smallest absolute Gasteiger partial charge is 0.321 e. The first-order chi connectivity index (χ1) is 17.1. The van der Waals surface area contributed by atoms with Gasteiger partial charge in [0, 0.05) is 17.4 Å². The molecule has 0 bridgehead atoms. The number of urea groups is 1. The molecule has 4 rings (SSSR count). The van der Waals surface area contributed by atoms with Gasteiger partial charge >= 0.3 is 6.03 Å². The summed E-state index contributed by atoms with van der Waals surface area (Å²) < 4.78 is 25.9. The largest absolute Gasteiger partial charge is 0.442 e. The number of nitrogens with one attached hydrogen (secondary N) is 3. The van der Waals surface area contributed by atoms with E-state index in [1.54, 1.807) is 54.6 Å². The molecule has 1 aliphatic heterocycles. The highest BCUT2D eigenvalue weighted by molar-refractivity contribution is 7.92. The second kappa shape index (κ2) is 10.5. The van der Waals surface area contributed by atoms with Crippen molar-refractivity contribution in [3.63, 3.8) is 0 Å². The Labute approximate surface area is 213 Å². The van der Waals surface area contributed by atoms with E-state index in [2.05, 4.69) is 20.3 Å². The van der Waals surface area contributed by atoms with Gasteiger partial charge < -0.3 is 15.3 Å². The van der Waals surface area contributed by atoms with Gasteiger partial charge in [-0.25, -0.2) is 18.2 Å². The predicted octanol–water partition coefficient (Wildman–Crippen LogP) is 2.79. The third-order valence-electron chi connectivity index (χ3n) is 5.47. The highest BCUT2D eigenvalue weighted by atomic mass is 35.5. The highest BCUT2D eigenvalue weighted by Gasteiger charge is 2.37. The topological polar surface area (TPSA) is 143 Å². The molecule has 3 aromatic rings. The molecule has 3 amide bonds. The Hall–Kier alpha value is -3.67. The van der Waals surface area contributed by atoms with E-state index in [-0.39, 0.29) is 24.7 Å². The summed E-state index contributed by atoms with van der Waals surface area (Å²) in [5.74, 6) is -0.0507. The number of sulfonamides is 1. The zero-order chi connectivity index (χ0) is 25.9. The van der Waals surface area contributed by atoms with Gasteiger partial charge in [0.25, 0.3) is 0 Å². The van der Waals surface area contributed by atoms with Crippen LogP contribution in [0.1, 0.15) is 6.42 Å². The van der Waals surface area contributed by atoms with Crippen LogP contribution in [-0.2, 0) is 14.8 Å². The van der Waals surface area contributed by atoms with Crippen LogP contribution >= 0.6 is 11.6 Å². The minimum atomic E-state index is -3.46. The summed E-state index contributed by atoms with van der Waals surface area (Å²) in [6.45, 7) is 0.183. The van der Waals surface area contributed by atoms with E-state index in [1.165, 1.54) is 17.2 Å². The second-order valence-corrected chi connectivity index (χ2v) is 10.5. The van der Waals surface area contributed by atoms with Gasteiger partial charge in [0.2, 0.25) is 15.9 Å². The van der Waals surface area contributed by atoms with Crippen molar-refractivity contribution in [2.24, 2.45) is 0 Å². The molecule has 188 valence electrons. The second-order valence-electron chi connectivity index (χ2n) is 8.36. The molecule has 0 aliphatic carbocycles. The third kappa shape index (κ3) is 6.30. The van der Waals surface area contributed by atoms with Crippen LogP contribution in [0.15, 0.2) is 66.9 Å². The SMILES string of the molecule is CS(=O)(=O)Nc1ccccc1-c1ccc(N2C[C@H]([OH2+])C[C@@H](NC(=O)Nc3ccc(Cl)cn3)C2=O)cc1. The zero-order valence-electron chi connectivity index (χ0n) is 19.2. The lowest BCUT2D eigenvalue weighted by molar-refractivity contribution is -0.123. The summed E-state index contributed by atoms with van der Waals surface area (Å²) >= 11 is 5.80. The standard InChI is InChI=1S/C24H24ClN5O5S/c1-36(34,35)29-20-5-3-2-4-19(20)15-6-9-17(10-7-15)30-14-18(31)12-21(23(30)32)27-24(33)28-22-11-8-16(25)13-26-22/h2-11,13,18,21,29,31H,12,14H2,1H3,(H2,26,27,28,33)/p+1/t18-,21-/m1/s1. The highest BCUT2D eigenvalue weighted by Crippen LogP contribution is 2.31. The number of carbonyl (C=O) groups excluding carboxylic acids is 2. The van der Waals surface area contributed by atoms with Gasteiger partial charge in [-0.05, 0) is 35.9 Å². The lowest BCUT2D eigenvalue weighted by Crippen LogP contribution is -2.57. The predicted molar refractivity (Wildman–Crippen MR) is 140 cm³/mol. The van der Waals surface area contributed by atoms with Crippen LogP contribution in [0, 0.1) is 0 Å². The molecule has 0 spiro atoms. The molecular weight excluding hydrogens is 506 g/mol. The number of amides is 3. The van der Waals surface area contributed by atoms with Gasteiger partial charge in [0.15, 0.2) is 6.10 Å². The number of pyridine rings is 1. The Morgan fingerprint density at radius 3 is 2.50 bits per heavy atom. The molecule has 36 heavy (non-hydrogen) atoms. The number of hydrogen-bond acceptors (Lipinski definition) is 5. The summed E-state index contributed by atoms with van der Waals surface area (Å²) in [6, 6.07) is 15.7. The number of rotatable bonds is 6. The molecular formula is C24H25ClN5O5S+. The molecule has 5 N–H and O–H groups in total. The third-order valence-corrected chi connectivity index (χ3v) is 6.29. The van der Waals surface area contributed by atoms with Crippen molar-refractivity contribution in [1.82, 2.24) is 10.3 Å². The summed E-state index contributed by atoms with van der Waals surface area (Å²) in [7, 11) is -3.46. The van der Waals surface area contributed by atoms with Crippen LogP contribution in [0.4, 0.5) is 22.0 Å². The molecule has 0 radical (unpaired) electrons. The Balaban J connectivity index is 1.49. The molecule has 0 unspecified atom stereocenters. The van der Waals surface area contributed by atoms with Crippen molar-refractivity contribution in [2.75, 3.05) is 27.7 Å². The van der Waals surface area contributed by atoms with E-state index in [4.69, 9.17) is 16.7 Å². The van der Waals surface area contributed by atoms with Crippen molar-refractivity contribution >= 4 is 50.8 Å². The van der Waals surface area contributed by atoms with E-state index < -0.39 is 28.2 Å². The Morgan fingerprint density at radius 1 is 1.11 bits per heavy atom. The first-order valence-electron chi connectivity index (χ1n) is 11.0. The van der Waals surface area contributed by atoms with Crippen molar-refractivity contribution < 1.29 is 23.1 Å². The molecule has 0 saturated carbocycles. The van der Waals surface area contributed by atoms with Gasteiger partial charge in [-0.2, -0.15) is 0 Å². The normalized spacial score (nSPS) is 18.0. The molecule has 2 atom stereocenters. The van der Waals surface area contributed by atoms with E-state index >= 15 is 0 Å². The maximum Gasteiger partial charge on any atom is 0.321 e. The lowest BCUT2D eigenvalue weighted by Gasteiger charge is -2.33. The molecule has 1 aliphatic rings. The van der Waals surface area contributed by atoms with Gasteiger partial charge in [-0.15, -0.1) is 0 Å². The summed E-state index contributed by atoms with van der Waals surface area (Å²) in [5, 5.41) is 13.9. The fraction of sp³-hybridized carbons (Fsp3) is 0.208. The number of anilines is 3. The van der Waals surface area contributed by atoms with Crippen molar-refractivity contribution in [3.05, 3.63) is 71.9 Å². The maximum absolute atomic E-state index is 13.2. The first-order valence-corrected chi connectivity index (χ1v) is 13.2. The Bertz CT molecular complexity index is 1370. The van der Waals surface area contributed by atoms with Gasteiger partial charge in [0.1, 0.15) is 11.9 Å². The molecule has 1 fully saturated rings. The Kier molecular flexibility index (Phi) is 7.43. The summed E-state index contributed by atoms with van der Waals surface area (Å²) in [5.41, 5.74) is 2.45. The van der Waals surface area contributed by atoms with Gasteiger partial charge in [0.05, 0.1) is 29.9 Å². The van der Waals surface area contributed by atoms with Crippen LogP contribution in [0.25, 0.3) is 11.1 Å². The van der Waals surface area contributed by atoms with Crippen LogP contribution in [0.5, 0.6) is 0 Å². The van der Waals surface area contributed by atoms with Crippen LogP contribution in [0.2, 0.25) is 5.02 Å². The number of aromatic nitrogens is 1. The minimum Gasteiger partial charge on any atom is -0.442 e. The number of carbonyl (C=O) groups is 2. The first kappa shape index (κ1) is 25.4. The van der Waals surface area contributed by atoms with E-state index in [0.29, 0.717) is 22.0 Å². The average Bonchev–Trinajstić information content (AvgIpc) is 2.82. The average molecular weight is 531 g/mol. The molecule has 2 heterocycles. The van der Waals surface area contributed by atoms with Crippen LogP contribution in [0.3, 0.4) is 0 Å². The molecule has 10 nitrogen and oxygen atoms in total. The number of nitrogens with zero attached hydrogens (tertiary/aromatic N) is 2. The van der Waals surface area contributed by atoms with E-state index in [9.17, 15) is 18.0 Å². The quantitative estimate of drug-likeness (QED) is 0.420. The summed E-state index contributed by atoms with van der Waals surface area (Å²) in [4.78, 5) is 31.0. The zero-order valence-corrected chi connectivity index (χ0v) is 20.8. The lowest BCUT2D eigenvalue weighted by atomic mass is 10.00. The fourth-order valence-corrected chi connectivity index (χ4v) is 4.61. The monoisotopic (exact) mass is 530 g/mol. The van der Waals surface area contributed by atoms with Crippen LogP contribution < -0.4 is 20.3 Å². The molecule has 2 aromatic carbocycles. The minimum absolute atomic E-state index is 0.180.